The summed E-state index contributed by atoms with van der Waals surface area (Å²) in [6.07, 6.45) is 7.41. The molecule has 0 saturated carbocycles. The van der Waals surface area contributed by atoms with Gasteiger partial charge in [0.05, 0.1) is 11.9 Å². The van der Waals surface area contributed by atoms with Gasteiger partial charge in [0.2, 0.25) is 11.8 Å². The molecule has 6 heteroatoms. The lowest BCUT2D eigenvalue weighted by molar-refractivity contribution is -0.111. The summed E-state index contributed by atoms with van der Waals surface area (Å²) < 4.78 is 27.1. The minimum Gasteiger partial charge on any atom is -0.320 e. The summed E-state index contributed by atoms with van der Waals surface area (Å²) in [4.78, 5) is 12.0. The number of alkyl halides is 2. The number of rotatable bonds is 8. The number of nitrogens with zero attached hydrogens (tertiary/aromatic N) is 2. The predicted molar refractivity (Wildman–Crippen MR) is 95.5 cm³/mol. The van der Waals surface area contributed by atoms with E-state index in [-0.39, 0.29) is 12.3 Å². The van der Waals surface area contributed by atoms with Crippen LogP contribution in [0, 0.1) is 6.92 Å². The number of anilines is 1. The van der Waals surface area contributed by atoms with Gasteiger partial charge in [0.15, 0.2) is 0 Å². The summed E-state index contributed by atoms with van der Waals surface area (Å²) in [6.45, 7) is 3.46. The second-order valence-electron chi connectivity index (χ2n) is 6.20. The largest absolute Gasteiger partial charge is 0.320 e. The van der Waals surface area contributed by atoms with E-state index in [1.807, 2.05) is 31.2 Å². The van der Waals surface area contributed by atoms with Gasteiger partial charge in [0.25, 0.3) is 0 Å². The smallest absolute Gasteiger partial charge is 0.248 e. The van der Waals surface area contributed by atoms with Crippen molar-refractivity contribution >= 4 is 17.7 Å². The van der Waals surface area contributed by atoms with Crippen molar-refractivity contribution in [2.45, 2.75) is 45.6 Å². The lowest BCUT2D eigenvalue weighted by atomic mass is 10.1. The molecular formula is C19H23F2N3O. The molecule has 1 heterocycles. The van der Waals surface area contributed by atoms with Crippen LogP contribution in [-0.4, -0.2) is 21.6 Å². The van der Waals surface area contributed by atoms with Gasteiger partial charge in [-0.05, 0) is 43.9 Å². The fraction of sp³-hybridized carbons (Fsp3) is 0.368. The molecule has 2 aromatic rings. The Bertz CT molecular complexity index is 732. The molecule has 0 aliphatic rings. The molecule has 2 rings (SSSR count). The third kappa shape index (κ3) is 6.87. The lowest BCUT2D eigenvalue weighted by Crippen LogP contribution is -2.09. The molecular weight excluding hydrogens is 324 g/mol. The molecule has 0 spiro atoms. The monoisotopic (exact) mass is 347 g/mol. The Labute approximate surface area is 146 Å². The Morgan fingerprint density at radius 2 is 2.08 bits per heavy atom. The molecule has 0 radical (unpaired) electrons. The number of unbranched alkanes of at least 4 members (excludes halogenated alkanes) is 1. The second kappa shape index (κ2) is 8.55. The number of amides is 1. The van der Waals surface area contributed by atoms with Crippen molar-refractivity contribution in [3.63, 3.8) is 0 Å². The zero-order valence-corrected chi connectivity index (χ0v) is 14.5. The topological polar surface area (TPSA) is 46.9 Å². The molecule has 0 atom stereocenters. The van der Waals surface area contributed by atoms with Crippen molar-refractivity contribution in [3.8, 4) is 0 Å². The van der Waals surface area contributed by atoms with E-state index in [2.05, 4.69) is 10.4 Å². The lowest BCUT2D eigenvalue weighted by Gasteiger charge is -2.09. The van der Waals surface area contributed by atoms with E-state index >= 15 is 0 Å². The van der Waals surface area contributed by atoms with Gasteiger partial charge in [-0.25, -0.2) is 8.78 Å². The molecule has 0 saturated heterocycles. The van der Waals surface area contributed by atoms with Crippen molar-refractivity contribution in [1.29, 1.82) is 0 Å². The number of benzene rings is 1. The van der Waals surface area contributed by atoms with Crippen LogP contribution in [0.2, 0.25) is 0 Å². The maximum Gasteiger partial charge on any atom is 0.248 e. The molecule has 0 fully saturated rings. The van der Waals surface area contributed by atoms with E-state index in [4.69, 9.17) is 0 Å². The number of carbonyl (C=O) groups is 1. The molecule has 1 amide bonds. The number of halogens is 2. The number of carbonyl (C=O) groups excluding carboxylic acids is 1. The Morgan fingerprint density at radius 3 is 2.80 bits per heavy atom. The van der Waals surface area contributed by atoms with Crippen LogP contribution in [0.3, 0.4) is 0 Å². The highest BCUT2D eigenvalue weighted by Gasteiger charge is 2.19. The molecule has 134 valence electrons. The van der Waals surface area contributed by atoms with Crippen molar-refractivity contribution in [2.24, 2.45) is 0 Å². The molecule has 1 N–H and O–H groups in total. The standard InChI is InChI=1S/C19H23F2N3O/c1-15-7-3-4-8-16(15)9-10-18(25)23-17-13-22-24(14-17)12-6-5-11-19(2,20)21/h3-4,7-10,13-14H,5-6,11-12H2,1-2H3,(H,23,25). The van der Waals surface area contributed by atoms with Crippen molar-refractivity contribution in [3.05, 3.63) is 53.9 Å². The van der Waals surface area contributed by atoms with E-state index in [0.717, 1.165) is 18.1 Å². The van der Waals surface area contributed by atoms with E-state index in [1.54, 1.807) is 23.2 Å². The zero-order valence-electron chi connectivity index (χ0n) is 14.5. The summed E-state index contributed by atoms with van der Waals surface area (Å²) in [5.41, 5.74) is 2.67. The molecule has 0 aliphatic carbocycles. The van der Waals surface area contributed by atoms with E-state index in [0.29, 0.717) is 25.1 Å². The quantitative estimate of drug-likeness (QED) is 0.557. The number of hydrogen-bond donors (Lipinski definition) is 1. The van der Waals surface area contributed by atoms with Crippen LogP contribution in [0.5, 0.6) is 0 Å². The summed E-state index contributed by atoms with van der Waals surface area (Å²) >= 11 is 0. The average Bonchev–Trinajstić information content (AvgIpc) is 2.97. The minimum atomic E-state index is -2.62. The maximum absolute atomic E-state index is 12.7. The van der Waals surface area contributed by atoms with Crippen LogP contribution in [0.25, 0.3) is 6.08 Å². The minimum absolute atomic E-state index is 0.123. The Morgan fingerprint density at radius 1 is 1.32 bits per heavy atom. The third-order valence-electron chi connectivity index (χ3n) is 3.76. The zero-order chi connectivity index (χ0) is 18.3. The molecule has 1 aromatic heterocycles. The number of aryl methyl sites for hydroxylation is 2. The number of aromatic nitrogens is 2. The average molecular weight is 347 g/mol. The van der Waals surface area contributed by atoms with Gasteiger partial charge in [-0.2, -0.15) is 5.10 Å². The third-order valence-corrected chi connectivity index (χ3v) is 3.76. The van der Waals surface area contributed by atoms with Gasteiger partial charge < -0.3 is 5.32 Å². The fourth-order valence-electron chi connectivity index (χ4n) is 2.38. The fourth-order valence-corrected chi connectivity index (χ4v) is 2.38. The van der Waals surface area contributed by atoms with E-state index < -0.39 is 5.92 Å². The first-order valence-corrected chi connectivity index (χ1v) is 8.28. The van der Waals surface area contributed by atoms with Crippen LogP contribution >= 0.6 is 0 Å². The molecule has 0 aliphatic heterocycles. The Kier molecular flexibility index (Phi) is 6.44. The molecule has 4 nitrogen and oxygen atoms in total. The highest BCUT2D eigenvalue weighted by Crippen LogP contribution is 2.20. The van der Waals surface area contributed by atoms with Gasteiger partial charge in [-0.3, -0.25) is 9.48 Å². The second-order valence-corrected chi connectivity index (χ2v) is 6.20. The van der Waals surface area contributed by atoms with Crippen LogP contribution in [0.15, 0.2) is 42.7 Å². The molecule has 0 bridgehead atoms. The Hall–Kier alpha value is -2.50. The maximum atomic E-state index is 12.7. The molecule has 1 aromatic carbocycles. The van der Waals surface area contributed by atoms with Gasteiger partial charge in [0, 0.05) is 25.2 Å². The van der Waals surface area contributed by atoms with Gasteiger partial charge in [-0.1, -0.05) is 24.3 Å². The highest BCUT2D eigenvalue weighted by atomic mass is 19.3. The first-order chi connectivity index (χ1) is 11.8. The van der Waals surface area contributed by atoms with E-state index in [9.17, 15) is 13.6 Å². The predicted octanol–water partition coefficient (Wildman–Crippen LogP) is 4.67. The van der Waals surface area contributed by atoms with Crippen molar-refractivity contribution < 1.29 is 13.6 Å². The van der Waals surface area contributed by atoms with Gasteiger partial charge in [-0.15, -0.1) is 0 Å². The summed E-state index contributed by atoms with van der Waals surface area (Å²) in [6, 6.07) is 7.79. The highest BCUT2D eigenvalue weighted by molar-refractivity contribution is 6.01. The first-order valence-electron chi connectivity index (χ1n) is 8.28. The number of nitrogens with one attached hydrogen (secondary N) is 1. The Balaban J connectivity index is 1.80. The van der Waals surface area contributed by atoms with Crippen molar-refractivity contribution in [1.82, 2.24) is 9.78 Å². The van der Waals surface area contributed by atoms with Crippen LogP contribution in [0.4, 0.5) is 14.5 Å². The molecule has 25 heavy (non-hydrogen) atoms. The van der Waals surface area contributed by atoms with Gasteiger partial charge >= 0.3 is 0 Å². The first kappa shape index (κ1) is 18.8. The molecule has 0 unspecified atom stereocenters. The SMILES string of the molecule is Cc1ccccc1C=CC(=O)Nc1cnn(CCCCC(C)(F)F)c1. The summed E-state index contributed by atoms with van der Waals surface area (Å²) in [5, 5.41) is 6.86. The summed E-state index contributed by atoms with van der Waals surface area (Å²) in [5.74, 6) is -2.86. The van der Waals surface area contributed by atoms with Gasteiger partial charge in [0.1, 0.15) is 0 Å². The van der Waals surface area contributed by atoms with E-state index in [1.165, 1.54) is 6.08 Å². The normalized spacial score (nSPS) is 11.8. The number of hydrogen-bond acceptors (Lipinski definition) is 2. The van der Waals surface area contributed by atoms with Crippen LogP contribution in [-0.2, 0) is 11.3 Å². The summed E-state index contributed by atoms with van der Waals surface area (Å²) in [7, 11) is 0. The van der Waals surface area contributed by atoms with Crippen LogP contribution in [0.1, 0.15) is 37.3 Å². The van der Waals surface area contributed by atoms with Crippen LogP contribution < -0.4 is 5.32 Å². The van der Waals surface area contributed by atoms with Crippen molar-refractivity contribution in [2.75, 3.05) is 5.32 Å².